The second-order valence-electron chi connectivity index (χ2n) is 2.27. The van der Waals surface area contributed by atoms with Crippen molar-refractivity contribution in [2.45, 2.75) is 0 Å². The molecular formula is C7H5BrN2O4. The van der Waals surface area contributed by atoms with Crippen molar-refractivity contribution in [3.8, 4) is 0 Å². The van der Waals surface area contributed by atoms with Crippen LogP contribution in [0.15, 0.2) is 16.9 Å². The van der Waals surface area contributed by atoms with Crippen LogP contribution in [0.25, 0.3) is 0 Å². The van der Waals surface area contributed by atoms with Crippen LogP contribution in [0.4, 0.5) is 5.69 Å². The molecule has 1 aromatic rings. The number of hydrogen-bond acceptors (Lipinski definition) is 5. The Hall–Kier alpha value is -1.50. The van der Waals surface area contributed by atoms with E-state index in [2.05, 4.69) is 25.7 Å². The Kier molecular flexibility index (Phi) is 3.13. The first-order valence-corrected chi connectivity index (χ1v) is 4.24. The van der Waals surface area contributed by atoms with Crippen LogP contribution in [0, 0.1) is 10.1 Å². The van der Waals surface area contributed by atoms with Crippen molar-refractivity contribution in [2.24, 2.45) is 0 Å². The van der Waals surface area contributed by atoms with Gasteiger partial charge in [0.2, 0.25) is 0 Å². The molecule has 0 atom stereocenters. The summed E-state index contributed by atoms with van der Waals surface area (Å²) in [5.41, 5.74) is -0.501. The zero-order valence-corrected chi connectivity index (χ0v) is 8.65. The highest BCUT2D eigenvalue weighted by molar-refractivity contribution is 9.10. The Labute approximate surface area is 87.2 Å². The van der Waals surface area contributed by atoms with E-state index >= 15 is 0 Å². The summed E-state index contributed by atoms with van der Waals surface area (Å²) in [6.07, 6.45) is 0.996. The van der Waals surface area contributed by atoms with Gasteiger partial charge < -0.3 is 4.74 Å². The zero-order valence-electron chi connectivity index (χ0n) is 7.06. The van der Waals surface area contributed by atoms with Gasteiger partial charge in [-0.25, -0.2) is 9.78 Å². The molecule has 1 rings (SSSR count). The average molecular weight is 261 g/mol. The molecule has 0 N–H and O–H groups in total. The van der Waals surface area contributed by atoms with Crippen molar-refractivity contribution < 1.29 is 14.5 Å². The SMILES string of the molecule is COC(=O)c1cc(Br)ncc1[N+](=O)[O-]. The lowest BCUT2D eigenvalue weighted by Gasteiger charge is -2.00. The van der Waals surface area contributed by atoms with Crippen LogP contribution in [0.1, 0.15) is 10.4 Å². The third kappa shape index (κ3) is 2.05. The molecule has 74 valence electrons. The number of rotatable bonds is 2. The maximum Gasteiger partial charge on any atom is 0.345 e. The Morgan fingerprint density at radius 2 is 2.36 bits per heavy atom. The minimum atomic E-state index is -0.764. The quantitative estimate of drug-likeness (QED) is 0.349. The fraction of sp³-hybridized carbons (Fsp3) is 0.143. The fourth-order valence-electron chi connectivity index (χ4n) is 0.842. The van der Waals surface area contributed by atoms with Gasteiger partial charge in [-0.3, -0.25) is 10.1 Å². The van der Waals surface area contributed by atoms with E-state index in [-0.39, 0.29) is 11.3 Å². The molecule has 0 aromatic carbocycles. The largest absolute Gasteiger partial charge is 0.465 e. The molecule has 0 radical (unpaired) electrons. The van der Waals surface area contributed by atoms with Crippen LogP contribution in [-0.2, 0) is 4.74 Å². The summed E-state index contributed by atoms with van der Waals surface area (Å²) in [6, 6.07) is 1.24. The van der Waals surface area contributed by atoms with Gasteiger partial charge in [-0.1, -0.05) is 0 Å². The summed E-state index contributed by atoms with van der Waals surface area (Å²) < 4.78 is 4.73. The molecule has 0 aliphatic heterocycles. The van der Waals surface area contributed by atoms with E-state index in [1.165, 1.54) is 6.07 Å². The Morgan fingerprint density at radius 1 is 1.71 bits per heavy atom. The molecule has 0 spiro atoms. The number of nitro groups is 1. The van der Waals surface area contributed by atoms with E-state index in [0.29, 0.717) is 4.60 Å². The minimum Gasteiger partial charge on any atom is -0.465 e. The minimum absolute atomic E-state index is 0.126. The number of carbonyl (C=O) groups excluding carboxylic acids is 1. The molecule has 0 amide bonds. The number of hydrogen-bond donors (Lipinski definition) is 0. The standard InChI is InChI=1S/C7H5BrN2O4/c1-14-7(11)4-2-6(8)9-3-5(4)10(12)13/h2-3H,1H3. The fourth-order valence-corrected chi connectivity index (χ4v) is 1.17. The molecule has 14 heavy (non-hydrogen) atoms. The molecule has 6 nitrogen and oxygen atoms in total. The second-order valence-corrected chi connectivity index (χ2v) is 3.09. The molecule has 7 heteroatoms. The molecule has 0 aliphatic rings. The van der Waals surface area contributed by atoms with Crippen molar-refractivity contribution in [1.29, 1.82) is 0 Å². The summed E-state index contributed by atoms with van der Waals surface area (Å²) in [7, 11) is 1.15. The Balaban J connectivity index is 3.29. The number of aromatic nitrogens is 1. The molecule has 0 aliphatic carbocycles. The Bertz CT molecular complexity index is 393. The van der Waals surface area contributed by atoms with Crippen molar-refractivity contribution in [3.63, 3.8) is 0 Å². The van der Waals surface area contributed by atoms with Gasteiger partial charge >= 0.3 is 11.7 Å². The van der Waals surface area contributed by atoms with E-state index in [1.807, 2.05) is 0 Å². The summed E-state index contributed by atoms with van der Waals surface area (Å²) in [6.45, 7) is 0. The predicted molar refractivity (Wildman–Crippen MR) is 49.9 cm³/mol. The van der Waals surface area contributed by atoms with E-state index in [1.54, 1.807) is 0 Å². The first-order chi connectivity index (χ1) is 6.56. The second kappa shape index (κ2) is 4.14. The van der Waals surface area contributed by atoms with Crippen LogP contribution >= 0.6 is 15.9 Å². The molecule has 0 bridgehead atoms. The number of nitrogens with zero attached hydrogens (tertiary/aromatic N) is 2. The van der Waals surface area contributed by atoms with Gasteiger partial charge in [0.15, 0.2) is 0 Å². The van der Waals surface area contributed by atoms with Crippen LogP contribution in [0.5, 0.6) is 0 Å². The van der Waals surface area contributed by atoms with E-state index in [4.69, 9.17) is 0 Å². The van der Waals surface area contributed by atoms with E-state index in [0.717, 1.165) is 13.3 Å². The smallest absolute Gasteiger partial charge is 0.345 e. The van der Waals surface area contributed by atoms with Gasteiger partial charge in [0, 0.05) is 0 Å². The summed E-state index contributed by atoms with van der Waals surface area (Å²) >= 11 is 3.00. The molecule has 0 fully saturated rings. The first-order valence-electron chi connectivity index (χ1n) is 3.44. The van der Waals surface area contributed by atoms with Crippen molar-refractivity contribution in [3.05, 3.63) is 32.5 Å². The molecule has 1 aromatic heterocycles. The van der Waals surface area contributed by atoms with E-state index in [9.17, 15) is 14.9 Å². The number of ether oxygens (including phenoxy) is 1. The lowest BCUT2D eigenvalue weighted by molar-refractivity contribution is -0.385. The van der Waals surface area contributed by atoms with Gasteiger partial charge in [0.1, 0.15) is 16.4 Å². The third-order valence-corrected chi connectivity index (χ3v) is 1.89. The summed E-state index contributed by atoms with van der Waals surface area (Å²) in [5.74, 6) is -0.764. The van der Waals surface area contributed by atoms with Gasteiger partial charge in [-0.05, 0) is 22.0 Å². The average Bonchev–Trinajstić information content (AvgIpc) is 2.16. The lowest BCUT2D eigenvalue weighted by atomic mass is 10.2. The highest BCUT2D eigenvalue weighted by Crippen LogP contribution is 2.21. The predicted octanol–water partition coefficient (Wildman–Crippen LogP) is 1.54. The molecule has 1 heterocycles. The molecule has 0 saturated heterocycles. The first kappa shape index (κ1) is 10.6. The van der Waals surface area contributed by atoms with Crippen molar-refractivity contribution >= 4 is 27.6 Å². The Morgan fingerprint density at radius 3 is 2.86 bits per heavy atom. The highest BCUT2D eigenvalue weighted by Gasteiger charge is 2.21. The maximum atomic E-state index is 11.1. The molecule has 0 saturated carbocycles. The topological polar surface area (TPSA) is 82.3 Å². The number of halogens is 1. The van der Waals surface area contributed by atoms with Crippen molar-refractivity contribution in [2.75, 3.05) is 7.11 Å². The van der Waals surface area contributed by atoms with Gasteiger partial charge in [-0.2, -0.15) is 0 Å². The van der Waals surface area contributed by atoms with Crippen LogP contribution in [0.2, 0.25) is 0 Å². The maximum absolute atomic E-state index is 11.1. The number of pyridine rings is 1. The van der Waals surface area contributed by atoms with Crippen molar-refractivity contribution in [1.82, 2.24) is 4.98 Å². The van der Waals surface area contributed by atoms with Gasteiger partial charge in [-0.15, -0.1) is 0 Å². The third-order valence-electron chi connectivity index (χ3n) is 1.45. The summed E-state index contributed by atoms with van der Waals surface area (Å²) in [4.78, 5) is 24.6. The van der Waals surface area contributed by atoms with Crippen LogP contribution in [-0.4, -0.2) is 23.0 Å². The van der Waals surface area contributed by atoms with Gasteiger partial charge in [0.05, 0.1) is 12.0 Å². The number of methoxy groups -OCH3 is 1. The summed E-state index contributed by atoms with van der Waals surface area (Å²) in [5, 5.41) is 10.5. The molecule has 0 unspecified atom stereocenters. The van der Waals surface area contributed by atoms with Crippen LogP contribution in [0.3, 0.4) is 0 Å². The number of carbonyl (C=O) groups is 1. The number of esters is 1. The highest BCUT2D eigenvalue weighted by atomic mass is 79.9. The van der Waals surface area contributed by atoms with Crippen LogP contribution < -0.4 is 0 Å². The molecular weight excluding hydrogens is 256 g/mol. The van der Waals surface area contributed by atoms with E-state index < -0.39 is 10.9 Å². The zero-order chi connectivity index (χ0) is 10.7. The lowest BCUT2D eigenvalue weighted by Crippen LogP contribution is -2.06. The van der Waals surface area contributed by atoms with Gasteiger partial charge in [0.25, 0.3) is 0 Å². The monoisotopic (exact) mass is 260 g/mol. The normalized spacial score (nSPS) is 9.57.